The van der Waals surface area contributed by atoms with Gasteiger partial charge in [0.25, 0.3) is 0 Å². The summed E-state index contributed by atoms with van der Waals surface area (Å²) >= 11 is 0. The van der Waals surface area contributed by atoms with E-state index in [9.17, 15) is 18.0 Å². The number of Topliss-reactive ketones (excluding diaryl/α,β-unsaturated/α-hetero) is 1. The van der Waals surface area contributed by atoms with E-state index in [-0.39, 0.29) is 23.2 Å². The first-order valence-corrected chi connectivity index (χ1v) is 9.53. The van der Waals surface area contributed by atoms with Gasteiger partial charge in [0, 0.05) is 28.1 Å². The Morgan fingerprint density at radius 1 is 1.14 bits per heavy atom. The summed E-state index contributed by atoms with van der Waals surface area (Å²) in [7, 11) is 0. The van der Waals surface area contributed by atoms with E-state index >= 15 is 0 Å². The van der Waals surface area contributed by atoms with Crippen LogP contribution in [0, 0.1) is 5.41 Å². The molecule has 1 fully saturated rings. The zero-order valence-corrected chi connectivity index (χ0v) is 16.4. The first kappa shape index (κ1) is 19.6. The van der Waals surface area contributed by atoms with Crippen molar-refractivity contribution < 1.29 is 22.7 Å². The Morgan fingerprint density at radius 2 is 1.83 bits per heavy atom. The number of carbonyl (C=O) groups is 1. The van der Waals surface area contributed by atoms with Crippen molar-refractivity contribution in [3.8, 4) is 5.75 Å². The highest BCUT2D eigenvalue weighted by molar-refractivity contribution is 6.07. The molecule has 0 saturated heterocycles. The van der Waals surface area contributed by atoms with Gasteiger partial charge in [-0.3, -0.25) is 4.79 Å². The van der Waals surface area contributed by atoms with E-state index in [2.05, 4.69) is 18.8 Å². The number of aromatic amines is 1. The maximum absolute atomic E-state index is 12.8. The highest BCUT2D eigenvalue weighted by atomic mass is 19.4. The Morgan fingerprint density at radius 3 is 2.41 bits per heavy atom. The lowest BCUT2D eigenvalue weighted by atomic mass is 9.57. The number of H-pyrrole nitrogens is 1. The number of carbonyl (C=O) groups excluding carboxylic acids is 1. The second kappa shape index (κ2) is 6.65. The Kier molecular flexibility index (Phi) is 4.48. The summed E-state index contributed by atoms with van der Waals surface area (Å²) in [5, 5.41) is 0.825. The molecule has 2 atom stereocenters. The predicted molar refractivity (Wildman–Crippen MR) is 105 cm³/mol. The first-order valence-electron chi connectivity index (χ1n) is 9.53. The van der Waals surface area contributed by atoms with Crippen molar-refractivity contribution in [2.45, 2.75) is 45.4 Å². The molecule has 0 spiro atoms. The molecule has 1 heterocycles. The largest absolute Gasteiger partial charge is 0.490 e. The van der Waals surface area contributed by atoms with Crippen molar-refractivity contribution in [2.75, 3.05) is 0 Å². The van der Waals surface area contributed by atoms with Gasteiger partial charge in [-0.2, -0.15) is 13.2 Å². The van der Waals surface area contributed by atoms with E-state index in [1.54, 1.807) is 18.3 Å². The average molecular weight is 401 g/mol. The summed E-state index contributed by atoms with van der Waals surface area (Å²) in [5.41, 5.74) is 1.53. The zero-order chi connectivity index (χ0) is 21.0. The van der Waals surface area contributed by atoms with Crippen LogP contribution in [0.4, 0.5) is 13.2 Å². The van der Waals surface area contributed by atoms with Gasteiger partial charge in [0.05, 0.1) is 5.56 Å². The molecule has 0 amide bonds. The molecule has 3 nitrogen and oxygen atoms in total. The number of ketones is 1. The second-order valence-electron chi connectivity index (χ2n) is 8.30. The number of aromatic nitrogens is 1. The molecule has 0 unspecified atom stereocenters. The number of fused-ring (bicyclic) bond motifs is 1. The third-order valence-corrected chi connectivity index (χ3v) is 6.13. The number of alkyl halides is 3. The fraction of sp³-hybridized carbons (Fsp3) is 0.348. The van der Waals surface area contributed by atoms with Gasteiger partial charge >= 0.3 is 6.18 Å². The first-order chi connectivity index (χ1) is 13.6. The summed E-state index contributed by atoms with van der Waals surface area (Å²) in [6.07, 6.45) is -1.96. The van der Waals surface area contributed by atoms with Crippen LogP contribution in [0.1, 0.15) is 54.6 Å². The summed E-state index contributed by atoms with van der Waals surface area (Å²) in [5.74, 6) is 0.793. The summed E-state index contributed by atoms with van der Waals surface area (Å²) in [6.45, 7) is 5.67. The summed E-state index contributed by atoms with van der Waals surface area (Å²) < 4.78 is 44.6. The van der Waals surface area contributed by atoms with E-state index < -0.39 is 11.7 Å². The van der Waals surface area contributed by atoms with E-state index in [0.717, 1.165) is 35.0 Å². The van der Waals surface area contributed by atoms with Gasteiger partial charge in [-0.15, -0.1) is 0 Å². The molecule has 152 valence electrons. The van der Waals surface area contributed by atoms with Gasteiger partial charge in [0.2, 0.25) is 0 Å². The number of ether oxygens (including phenoxy) is 1. The topological polar surface area (TPSA) is 42.1 Å². The molecule has 6 heteroatoms. The fourth-order valence-corrected chi connectivity index (χ4v) is 4.18. The number of hydrogen-bond donors (Lipinski definition) is 1. The van der Waals surface area contributed by atoms with Crippen molar-refractivity contribution in [2.24, 2.45) is 5.41 Å². The van der Waals surface area contributed by atoms with Crippen molar-refractivity contribution in [3.05, 3.63) is 65.4 Å². The molecule has 1 aliphatic carbocycles. The molecule has 1 aromatic heterocycles. The molecule has 4 rings (SSSR count). The summed E-state index contributed by atoms with van der Waals surface area (Å²) in [4.78, 5) is 14.9. The Labute approximate surface area is 166 Å². The second-order valence-corrected chi connectivity index (χ2v) is 8.30. The predicted octanol–water partition coefficient (Wildman–Crippen LogP) is 6.35. The van der Waals surface area contributed by atoms with Crippen LogP contribution in [0.2, 0.25) is 0 Å². The van der Waals surface area contributed by atoms with E-state index in [4.69, 9.17) is 4.74 Å². The van der Waals surface area contributed by atoms with Crippen LogP contribution in [0.25, 0.3) is 10.9 Å². The van der Waals surface area contributed by atoms with Crippen LogP contribution in [0.3, 0.4) is 0 Å². The summed E-state index contributed by atoms with van der Waals surface area (Å²) in [6, 6.07) is 11.0. The van der Waals surface area contributed by atoms with Gasteiger partial charge < -0.3 is 9.72 Å². The van der Waals surface area contributed by atoms with E-state index in [1.165, 1.54) is 6.92 Å². The van der Waals surface area contributed by atoms with Crippen molar-refractivity contribution in [1.29, 1.82) is 0 Å². The molecule has 1 saturated carbocycles. The number of halogens is 3. The van der Waals surface area contributed by atoms with Gasteiger partial charge in [0.15, 0.2) is 5.78 Å². The molecular weight excluding hydrogens is 379 g/mol. The van der Waals surface area contributed by atoms with E-state index in [1.807, 2.05) is 18.2 Å². The van der Waals surface area contributed by atoms with Crippen LogP contribution < -0.4 is 4.74 Å². The zero-order valence-electron chi connectivity index (χ0n) is 16.4. The molecular formula is C23H22F3NO2. The molecule has 29 heavy (non-hydrogen) atoms. The molecule has 1 N–H and O–H groups in total. The maximum atomic E-state index is 12.8. The maximum Gasteiger partial charge on any atom is 0.416 e. The number of nitrogens with one attached hydrogen (secondary N) is 1. The standard InChI is InChI=1S/C23H22F3NO2/c1-13(28)18-12-27-20-9-8-16(10-17(18)20)29-21-11-19(22(21,2)3)14-4-6-15(7-5-14)23(24,25)26/h4-10,12,19,21,27H,11H2,1-3H3/t19-,21-/m1/s1. The minimum Gasteiger partial charge on any atom is -0.490 e. The van der Waals surface area contributed by atoms with Gasteiger partial charge in [-0.1, -0.05) is 26.0 Å². The molecule has 3 aromatic rings. The fourth-order valence-electron chi connectivity index (χ4n) is 4.18. The smallest absolute Gasteiger partial charge is 0.416 e. The SMILES string of the molecule is CC(=O)c1c[nH]c2ccc(O[C@@H]3C[C@H](c4ccc(C(F)(F)F)cc4)C3(C)C)cc12. The van der Waals surface area contributed by atoms with Crippen LogP contribution in [0.15, 0.2) is 48.7 Å². The molecule has 2 aromatic carbocycles. The van der Waals surface area contributed by atoms with Crippen LogP contribution in [-0.4, -0.2) is 16.9 Å². The van der Waals surface area contributed by atoms with Crippen molar-refractivity contribution in [3.63, 3.8) is 0 Å². The third-order valence-electron chi connectivity index (χ3n) is 6.13. The number of hydrogen-bond acceptors (Lipinski definition) is 2. The van der Waals surface area contributed by atoms with E-state index in [0.29, 0.717) is 11.3 Å². The van der Waals surface area contributed by atoms with Gasteiger partial charge in [-0.05, 0) is 55.2 Å². The third kappa shape index (κ3) is 3.41. The van der Waals surface area contributed by atoms with Crippen molar-refractivity contribution in [1.82, 2.24) is 4.98 Å². The van der Waals surface area contributed by atoms with Gasteiger partial charge in [0.1, 0.15) is 11.9 Å². The quantitative estimate of drug-likeness (QED) is 0.518. The molecule has 0 aliphatic heterocycles. The van der Waals surface area contributed by atoms with Gasteiger partial charge in [-0.25, -0.2) is 0 Å². The average Bonchev–Trinajstić information content (AvgIpc) is 3.08. The molecule has 1 aliphatic rings. The minimum atomic E-state index is -4.32. The lowest BCUT2D eigenvalue weighted by molar-refractivity contribution is -0.137. The van der Waals surface area contributed by atoms with Crippen LogP contribution in [-0.2, 0) is 6.18 Å². The highest BCUT2D eigenvalue weighted by Gasteiger charge is 2.50. The van der Waals surface area contributed by atoms with Crippen LogP contribution in [0.5, 0.6) is 5.75 Å². The number of rotatable bonds is 4. The Balaban J connectivity index is 1.51. The highest BCUT2D eigenvalue weighted by Crippen LogP contribution is 2.54. The normalized spacial score (nSPS) is 21.0. The van der Waals surface area contributed by atoms with Crippen molar-refractivity contribution >= 4 is 16.7 Å². The number of benzene rings is 2. The lowest BCUT2D eigenvalue weighted by Gasteiger charge is -2.51. The monoisotopic (exact) mass is 401 g/mol. The minimum absolute atomic E-state index is 0.0141. The molecule has 0 radical (unpaired) electrons. The lowest BCUT2D eigenvalue weighted by Crippen LogP contribution is -2.50. The van der Waals surface area contributed by atoms with Crippen LogP contribution >= 0.6 is 0 Å². The Hall–Kier alpha value is -2.76. The molecule has 0 bridgehead atoms. The Bertz CT molecular complexity index is 1060.